The summed E-state index contributed by atoms with van der Waals surface area (Å²) in [4.78, 5) is 0. The topological polar surface area (TPSA) is 64.7 Å². The fourth-order valence-electron chi connectivity index (χ4n) is 2.81. The van der Waals surface area contributed by atoms with E-state index >= 15 is 0 Å². The molecule has 1 saturated carbocycles. The van der Waals surface area contributed by atoms with Gasteiger partial charge in [-0.3, -0.25) is 0 Å². The van der Waals surface area contributed by atoms with Gasteiger partial charge in [0.2, 0.25) is 0 Å². The third kappa shape index (κ3) is 6.08. The first-order valence-electron chi connectivity index (χ1n) is 8.25. The van der Waals surface area contributed by atoms with Crippen LogP contribution in [-0.2, 0) is 9.47 Å². The third-order valence-electron chi connectivity index (χ3n) is 4.50. The van der Waals surface area contributed by atoms with Crippen molar-refractivity contribution < 1.29 is 14.6 Å². The maximum atomic E-state index is 9.90. The molecule has 1 aliphatic carbocycles. The minimum atomic E-state index is -0.542. The predicted octanol–water partition coefficient (Wildman–Crippen LogP) is 2.48. The van der Waals surface area contributed by atoms with Crippen molar-refractivity contribution >= 4 is 0 Å². The standard InChI is InChI=1S/C16H33NO3/c1-3-5-10-19-11-15(18)12-20-16(13-17)8-6-14(4-2)7-9-16/h14-15,18H,3-13,17H2,1-2H3. The van der Waals surface area contributed by atoms with Gasteiger partial charge in [0, 0.05) is 13.2 Å². The Labute approximate surface area is 124 Å². The van der Waals surface area contributed by atoms with Crippen molar-refractivity contribution in [1.82, 2.24) is 0 Å². The number of unbranched alkanes of at least 4 members (excludes halogenated alkanes) is 1. The summed E-state index contributed by atoms with van der Waals surface area (Å²) in [6.07, 6.45) is 7.28. The second-order valence-corrected chi connectivity index (χ2v) is 6.13. The van der Waals surface area contributed by atoms with Crippen LogP contribution < -0.4 is 5.73 Å². The van der Waals surface area contributed by atoms with E-state index in [0.717, 1.165) is 31.6 Å². The summed E-state index contributed by atoms with van der Waals surface area (Å²) in [6.45, 7) is 6.33. The van der Waals surface area contributed by atoms with Gasteiger partial charge in [0.15, 0.2) is 0 Å². The quantitative estimate of drug-likeness (QED) is 0.606. The molecule has 1 fully saturated rings. The summed E-state index contributed by atoms with van der Waals surface area (Å²) in [5.41, 5.74) is 5.70. The van der Waals surface area contributed by atoms with Crippen molar-refractivity contribution in [3.05, 3.63) is 0 Å². The lowest BCUT2D eigenvalue weighted by molar-refractivity contribution is -0.111. The van der Waals surface area contributed by atoms with Gasteiger partial charge in [0.1, 0.15) is 6.10 Å². The number of aliphatic hydroxyl groups is 1. The van der Waals surface area contributed by atoms with Gasteiger partial charge >= 0.3 is 0 Å². The van der Waals surface area contributed by atoms with Crippen LogP contribution in [0.25, 0.3) is 0 Å². The highest BCUT2D eigenvalue weighted by atomic mass is 16.5. The zero-order valence-electron chi connectivity index (χ0n) is 13.3. The highest BCUT2D eigenvalue weighted by Gasteiger charge is 2.35. The Balaban J connectivity index is 2.23. The molecular weight excluding hydrogens is 254 g/mol. The van der Waals surface area contributed by atoms with Gasteiger partial charge in [0.25, 0.3) is 0 Å². The molecule has 120 valence electrons. The monoisotopic (exact) mass is 287 g/mol. The zero-order chi connectivity index (χ0) is 14.8. The molecular formula is C16H33NO3. The number of hydrogen-bond donors (Lipinski definition) is 2. The molecule has 20 heavy (non-hydrogen) atoms. The van der Waals surface area contributed by atoms with Crippen LogP contribution in [-0.4, -0.2) is 43.2 Å². The van der Waals surface area contributed by atoms with E-state index in [1.165, 1.54) is 19.3 Å². The summed E-state index contributed by atoms with van der Waals surface area (Å²) in [5, 5.41) is 9.90. The van der Waals surface area contributed by atoms with Crippen LogP contribution >= 0.6 is 0 Å². The Morgan fingerprint density at radius 1 is 1.25 bits per heavy atom. The van der Waals surface area contributed by atoms with Crippen LogP contribution in [0.5, 0.6) is 0 Å². The second kappa shape index (κ2) is 9.72. The predicted molar refractivity (Wildman–Crippen MR) is 81.7 cm³/mol. The second-order valence-electron chi connectivity index (χ2n) is 6.13. The van der Waals surface area contributed by atoms with E-state index in [0.29, 0.717) is 26.4 Å². The molecule has 4 heteroatoms. The van der Waals surface area contributed by atoms with E-state index < -0.39 is 6.10 Å². The molecule has 4 nitrogen and oxygen atoms in total. The van der Waals surface area contributed by atoms with E-state index in [2.05, 4.69) is 13.8 Å². The fraction of sp³-hybridized carbons (Fsp3) is 1.00. The van der Waals surface area contributed by atoms with E-state index in [-0.39, 0.29) is 5.60 Å². The van der Waals surface area contributed by atoms with Gasteiger partial charge < -0.3 is 20.3 Å². The van der Waals surface area contributed by atoms with Crippen molar-refractivity contribution in [1.29, 1.82) is 0 Å². The van der Waals surface area contributed by atoms with E-state index in [4.69, 9.17) is 15.2 Å². The SMILES string of the molecule is CCCCOCC(O)COC1(CN)CCC(CC)CC1. The van der Waals surface area contributed by atoms with Gasteiger partial charge in [0.05, 0.1) is 18.8 Å². The fourth-order valence-corrected chi connectivity index (χ4v) is 2.81. The molecule has 3 N–H and O–H groups in total. The van der Waals surface area contributed by atoms with Crippen molar-refractivity contribution in [2.24, 2.45) is 11.7 Å². The first kappa shape index (κ1) is 17.9. The molecule has 0 spiro atoms. The molecule has 0 radical (unpaired) electrons. The lowest BCUT2D eigenvalue weighted by Gasteiger charge is -2.39. The summed E-state index contributed by atoms with van der Waals surface area (Å²) in [7, 11) is 0. The zero-order valence-corrected chi connectivity index (χ0v) is 13.3. The van der Waals surface area contributed by atoms with Crippen LogP contribution in [0.2, 0.25) is 0 Å². The normalized spacial score (nSPS) is 28.5. The highest BCUT2D eigenvalue weighted by Crippen LogP contribution is 2.35. The number of aliphatic hydroxyl groups excluding tert-OH is 1. The van der Waals surface area contributed by atoms with Crippen LogP contribution in [0.1, 0.15) is 58.8 Å². The summed E-state index contributed by atoms with van der Waals surface area (Å²) in [5.74, 6) is 0.820. The molecule has 1 rings (SSSR count). The molecule has 0 aromatic carbocycles. The minimum Gasteiger partial charge on any atom is -0.388 e. The van der Waals surface area contributed by atoms with E-state index in [1.54, 1.807) is 0 Å². The molecule has 1 unspecified atom stereocenters. The van der Waals surface area contributed by atoms with Gasteiger partial charge in [-0.15, -0.1) is 0 Å². The smallest absolute Gasteiger partial charge is 0.101 e. The summed E-state index contributed by atoms with van der Waals surface area (Å²) in [6, 6.07) is 0. The molecule has 1 aliphatic rings. The first-order valence-corrected chi connectivity index (χ1v) is 8.25. The molecule has 0 aromatic rings. The van der Waals surface area contributed by atoms with E-state index in [1.807, 2.05) is 0 Å². The van der Waals surface area contributed by atoms with Crippen LogP contribution in [0.3, 0.4) is 0 Å². The van der Waals surface area contributed by atoms with Crippen molar-refractivity contribution in [2.45, 2.75) is 70.5 Å². The van der Waals surface area contributed by atoms with Gasteiger partial charge in [-0.05, 0) is 38.0 Å². The van der Waals surface area contributed by atoms with Crippen LogP contribution in [0, 0.1) is 5.92 Å². The maximum absolute atomic E-state index is 9.90. The molecule has 0 heterocycles. The third-order valence-corrected chi connectivity index (χ3v) is 4.50. The molecule has 0 aliphatic heterocycles. The van der Waals surface area contributed by atoms with E-state index in [9.17, 15) is 5.11 Å². The average Bonchev–Trinajstić information content (AvgIpc) is 2.50. The number of hydrogen-bond acceptors (Lipinski definition) is 4. The van der Waals surface area contributed by atoms with Crippen molar-refractivity contribution in [2.75, 3.05) is 26.4 Å². The molecule has 1 atom stereocenters. The molecule has 0 amide bonds. The Bertz CT molecular complexity index is 240. The van der Waals surface area contributed by atoms with Gasteiger partial charge in [-0.2, -0.15) is 0 Å². The number of ether oxygens (including phenoxy) is 2. The molecule has 0 bridgehead atoms. The summed E-state index contributed by atoms with van der Waals surface area (Å²) < 4.78 is 11.4. The number of rotatable bonds is 10. The molecule has 0 saturated heterocycles. The Kier molecular flexibility index (Phi) is 8.69. The van der Waals surface area contributed by atoms with Crippen LogP contribution in [0.4, 0.5) is 0 Å². The van der Waals surface area contributed by atoms with Crippen molar-refractivity contribution in [3.63, 3.8) is 0 Å². The first-order chi connectivity index (χ1) is 9.65. The highest BCUT2D eigenvalue weighted by molar-refractivity contribution is 4.88. The lowest BCUT2D eigenvalue weighted by Crippen LogP contribution is -2.45. The Morgan fingerprint density at radius 3 is 2.50 bits per heavy atom. The largest absolute Gasteiger partial charge is 0.388 e. The lowest BCUT2D eigenvalue weighted by atomic mass is 9.77. The van der Waals surface area contributed by atoms with Crippen LogP contribution in [0.15, 0.2) is 0 Å². The number of nitrogens with two attached hydrogens (primary N) is 1. The molecule has 0 aromatic heterocycles. The minimum absolute atomic E-state index is 0.212. The average molecular weight is 287 g/mol. The Hall–Kier alpha value is -0.160. The van der Waals surface area contributed by atoms with Gasteiger partial charge in [-0.1, -0.05) is 26.7 Å². The summed E-state index contributed by atoms with van der Waals surface area (Å²) >= 11 is 0. The van der Waals surface area contributed by atoms with Gasteiger partial charge in [-0.25, -0.2) is 0 Å². The van der Waals surface area contributed by atoms with Crippen molar-refractivity contribution in [3.8, 4) is 0 Å². The Morgan fingerprint density at radius 2 is 1.95 bits per heavy atom. The maximum Gasteiger partial charge on any atom is 0.101 e.